The van der Waals surface area contributed by atoms with Gasteiger partial charge in [-0.25, -0.2) is 8.42 Å². The second-order valence-corrected chi connectivity index (χ2v) is 10.1. The van der Waals surface area contributed by atoms with Crippen LogP contribution in [0.4, 0.5) is 5.69 Å². The molecular formula is C26H28N2O5S. The fourth-order valence-corrected chi connectivity index (χ4v) is 5.48. The van der Waals surface area contributed by atoms with Crippen LogP contribution in [0, 0.1) is 6.92 Å². The maximum Gasteiger partial charge on any atom is 0.264 e. The number of benzene rings is 3. The van der Waals surface area contributed by atoms with E-state index in [-0.39, 0.29) is 23.0 Å². The number of nitrogens with zero attached hydrogens (tertiary/aromatic N) is 2. The highest BCUT2D eigenvalue weighted by Crippen LogP contribution is 2.35. The van der Waals surface area contributed by atoms with Crippen molar-refractivity contribution in [2.75, 3.05) is 31.6 Å². The van der Waals surface area contributed by atoms with E-state index >= 15 is 0 Å². The summed E-state index contributed by atoms with van der Waals surface area (Å²) in [5, 5.41) is 0. The Kier molecular flexibility index (Phi) is 6.79. The van der Waals surface area contributed by atoms with Crippen molar-refractivity contribution in [2.24, 2.45) is 0 Å². The number of rotatable bonds is 7. The van der Waals surface area contributed by atoms with Gasteiger partial charge in [-0.2, -0.15) is 0 Å². The molecule has 0 radical (unpaired) electrons. The molecule has 3 aromatic rings. The summed E-state index contributed by atoms with van der Waals surface area (Å²) in [5.41, 5.74) is 3.51. The highest BCUT2D eigenvalue weighted by Gasteiger charge is 2.32. The smallest absolute Gasteiger partial charge is 0.264 e. The Bertz CT molecular complexity index is 1290. The number of carbonyl (C=O) groups excluding carboxylic acids is 1. The number of anilines is 1. The molecule has 1 heterocycles. The summed E-state index contributed by atoms with van der Waals surface area (Å²) in [6, 6.07) is 19.4. The molecule has 0 spiro atoms. The predicted octanol–water partition coefficient (Wildman–Crippen LogP) is 3.79. The van der Waals surface area contributed by atoms with E-state index in [1.165, 1.54) is 19.8 Å². The fourth-order valence-electron chi connectivity index (χ4n) is 4.06. The van der Waals surface area contributed by atoms with E-state index < -0.39 is 10.0 Å². The average Bonchev–Trinajstić information content (AvgIpc) is 2.86. The lowest BCUT2D eigenvalue weighted by molar-refractivity contribution is -0.130. The third-order valence-electron chi connectivity index (χ3n) is 6.03. The van der Waals surface area contributed by atoms with E-state index in [1.54, 1.807) is 47.4 Å². The second-order valence-electron chi connectivity index (χ2n) is 8.20. The summed E-state index contributed by atoms with van der Waals surface area (Å²) in [5.74, 6) is 0.544. The quantitative estimate of drug-likeness (QED) is 0.514. The van der Waals surface area contributed by atoms with E-state index in [2.05, 4.69) is 6.07 Å². The zero-order chi connectivity index (χ0) is 24.3. The molecule has 0 atom stereocenters. The summed E-state index contributed by atoms with van der Waals surface area (Å²) in [6.45, 7) is 2.53. The third-order valence-corrected chi connectivity index (χ3v) is 7.80. The van der Waals surface area contributed by atoms with Crippen molar-refractivity contribution in [1.29, 1.82) is 0 Å². The lowest BCUT2D eigenvalue weighted by Crippen LogP contribution is -2.44. The molecule has 0 saturated heterocycles. The number of carbonyl (C=O) groups is 1. The van der Waals surface area contributed by atoms with Crippen LogP contribution in [-0.2, 0) is 27.8 Å². The second kappa shape index (κ2) is 9.77. The Morgan fingerprint density at radius 3 is 2.35 bits per heavy atom. The molecule has 8 heteroatoms. The van der Waals surface area contributed by atoms with Gasteiger partial charge in [-0.15, -0.1) is 0 Å². The molecule has 3 aromatic carbocycles. The molecule has 0 N–H and O–H groups in total. The standard InChI is InChI=1S/C26H28N2O5S/c1-19-8-11-23(12-9-19)34(30,31)28(24-13-10-22(32-2)16-25(24)33-3)18-26(29)27-15-14-20-6-4-5-7-21(20)17-27/h4-13,16H,14-15,17-18H2,1-3H3. The van der Waals surface area contributed by atoms with Gasteiger partial charge in [-0.1, -0.05) is 42.0 Å². The maximum atomic E-state index is 13.8. The zero-order valence-corrected chi connectivity index (χ0v) is 20.3. The molecule has 0 saturated carbocycles. The Morgan fingerprint density at radius 1 is 0.971 bits per heavy atom. The molecule has 0 unspecified atom stereocenters. The number of ether oxygens (including phenoxy) is 2. The normalized spacial score (nSPS) is 13.2. The molecule has 1 aliphatic heterocycles. The molecule has 1 aliphatic rings. The van der Waals surface area contributed by atoms with Crippen molar-refractivity contribution in [3.63, 3.8) is 0 Å². The molecule has 178 valence electrons. The van der Waals surface area contributed by atoms with Gasteiger partial charge in [0, 0.05) is 19.2 Å². The van der Waals surface area contributed by atoms with Gasteiger partial charge < -0.3 is 14.4 Å². The van der Waals surface area contributed by atoms with Crippen LogP contribution in [0.15, 0.2) is 71.6 Å². The number of hydrogen-bond donors (Lipinski definition) is 0. The highest BCUT2D eigenvalue weighted by atomic mass is 32.2. The van der Waals surface area contributed by atoms with Gasteiger partial charge in [0.05, 0.1) is 24.8 Å². The number of methoxy groups -OCH3 is 2. The van der Waals surface area contributed by atoms with Gasteiger partial charge in [0.1, 0.15) is 18.0 Å². The molecule has 4 rings (SSSR count). The van der Waals surface area contributed by atoms with Crippen LogP contribution in [0.25, 0.3) is 0 Å². The van der Waals surface area contributed by atoms with E-state index in [0.717, 1.165) is 21.9 Å². The lowest BCUT2D eigenvalue weighted by atomic mass is 10.00. The summed E-state index contributed by atoms with van der Waals surface area (Å²) < 4.78 is 39.4. The Hall–Kier alpha value is -3.52. The fraction of sp³-hybridized carbons (Fsp3) is 0.269. The van der Waals surface area contributed by atoms with E-state index in [9.17, 15) is 13.2 Å². The molecule has 7 nitrogen and oxygen atoms in total. The van der Waals surface area contributed by atoms with Gasteiger partial charge in [-0.05, 0) is 48.7 Å². The van der Waals surface area contributed by atoms with Crippen LogP contribution in [-0.4, -0.2) is 46.5 Å². The highest BCUT2D eigenvalue weighted by molar-refractivity contribution is 7.92. The minimum Gasteiger partial charge on any atom is -0.497 e. The summed E-state index contributed by atoms with van der Waals surface area (Å²) in [7, 11) is -1.07. The van der Waals surface area contributed by atoms with Crippen LogP contribution in [0.2, 0.25) is 0 Å². The van der Waals surface area contributed by atoms with Crippen LogP contribution >= 0.6 is 0 Å². The van der Waals surface area contributed by atoms with Gasteiger partial charge >= 0.3 is 0 Å². The molecule has 0 fully saturated rings. The van der Waals surface area contributed by atoms with Crippen molar-refractivity contribution >= 4 is 21.6 Å². The number of fused-ring (bicyclic) bond motifs is 1. The average molecular weight is 481 g/mol. The lowest BCUT2D eigenvalue weighted by Gasteiger charge is -2.32. The minimum absolute atomic E-state index is 0.104. The first-order chi connectivity index (χ1) is 16.3. The number of hydrogen-bond acceptors (Lipinski definition) is 5. The molecule has 0 aliphatic carbocycles. The summed E-state index contributed by atoms with van der Waals surface area (Å²) in [4.78, 5) is 15.2. The van der Waals surface area contributed by atoms with Crippen molar-refractivity contribution in [1.82, 2.24) is 4.90 Å². The van der Waals surface area contributed by atoms with Gasteiger partial charge in [0.15, 0.2) is 0 Å². The predicted molar refractivity (Wildman–Crippen MR) is 131 cm³/mol. The van der Waals surface area contributed by atoms with Crippen LogP contribution in [0.5, 0.6) is 11.5 Å². The molecule has 0 aromatic heterocycles. The number of aryl methyl sites for hydroxylation is 1. The molecule has 0 bridgehead atoms. The number of sulfonamides is 1. The number of amides is 1. The first-order valence-electron chi connectivity index (χ1n) is 11.0. The van der Waals surface area contributed by atoms with Crippen LogP contribution < -0.4 is 13.8 Å². The minimum atomic E-state index is -4.05. The van der Waals surface area contributed by atoms with Crippen molar-refractivity contribution in [3.8, 4) is 11.5 Å². The van der Waals surface area contributed by atoms with Crippen molar-refractivity contribution < 1.29 is 22.7 Å². The maximum absolute atomic E-state index is 13.8. The Labute approximate surface area is 200 Å². The van der Waals surface area contributed by atoms with E-state index in [4.69, 9.17) is 9.47 Å². The van der Waals surface area contributed by atoms with Crippen molar-refractivity contribution in [3.05, 3.63) is 83.4 Å². The Morgan fingerprint density at radius 2 is 1.68 bits per heavy atom. The first kappa shape index (κ1) is 23.6. The topological polar surface area (TPSA) is 76.2 Å². The Balaban J connectivity index is 1.71. The van der Waals surface area contributed by atoms with Gasteiger partial charge in [-0.3, -0.25) is 9.10 Å². The SMILES string of the molecule is COc1ccc(N(CC(=O)N2CCc3ccccc3C2)S(=O)(=O)c2ccc(C)cc2)c(OC)c1. The first-order valence-corrected chi connectivity index (χ1v) is 12.4. The van der Waals surface area contributed by atoms with Crippen LogP contribution in [0.1, 0.15) is 16.7 Å². The van der Waals surface area contributed by atoms with E-state index in [0.29, 0.717) is 24.6 Å². The van der Waals surface area contributed by atoms with Gasteiger partial charge in [0.25, 0.3) is 10.0 Å². The third kappa shape index (κ3) is 4.72. The van der Waals surface area contributed by atoms with E-state index in [1.807, 2.05) is 25.1 Å². The molecular weight excluding hydrogens is 452 g/mol. The monoisotopic (exact) mass is 480 g/mol. The molecule has 1 amide bonds. The van der Waals surface area contributed by atoms with Crippen molar-refractivity contribution in [2.45, 2.75) is 24.8 Å². The van der Waals surface area contributed by atoms with Gasteiger partial charge in [0.2, 0.25) is 5.91 Å². The summed E-state index contributed by atoms with van der Waals surface area (Å²) in [6.07, 6.45) is 0.735. The van der Waals surface area contributed by atoms with Crippen LogP contribution in [0.3, 0.4) is 0 Å². The zero-order valence-electron chi connectivity index (χ0n) is 19.5. The molecule has 34 heavy (non-hydrogen) atoms. The largest absolute Gasteiger partial charge is 0.497 e. The summed E-state index contributed by atoms with van der Waals surface area (Å²) >= 11 is 0.